The van der Waals surface area contributed by atoms with Gasteiger partial charge in [0.15, 0.2) is 0 Å². The minimum Gasteiger partial charge on any atom is -0.0654 e. The summed E-state index contributed by atoms with van der Waals surface area (Å²) in [6.07, 6.45) is 6.47. The van der Waals surface area contributed by atoms with E-state index in [1.54, 1.807) is 0 Å². The van der Waals surface area contributed by atoms with Crippen molar-refractivity contribution in [3.8, 4) is 0 Å². The highest BCUT2D eigenvalue weighted by atomic mass is 14.3. The van der Waals surface area contributed by atoms with E-state index >= 15 is 0 Å². The molecule has 0 spiro atoms. The Hall–Kier alpha value is -0.780. The van der Waals surface area contributed by atoms with Gasteiger partial charge < -0.3 is 0 Å². The van der Waals surface area contributed by atoms with Crippen molar-refractivity contribution in [1.82, 2.24) is 0 Å². The lowest BCUT2D eigenvalue weighted by molar-refractivity contribution is 0.343. The van der Waals surface area contributed by atoms with Crippen molar-refractivity contribution in [1.29, 1.82) is 0 Å². The summed E-state index contributed by atoms with van der Waals surface area (Å²) in [6, 6.07) is 11.1. The van der Waals surface area contributed by atoms with Crippen LogP contribution in [-0.2, 0) is 5.41 Å². The van der Waals surface area contributed by atoms with Crippen LogP contribution in [0.4, 0.5) is 0 Å². The summed E-state index contributed by atoms with van der Waals surface area (Å²) in [4.78, 5) is 0. The van der Waals surface area contributed by atoms with Gasteiger partial charge in [-0.3, -0.25) is 0 Å². The molecule has 0 radical (unpaired) electrons. The van der Waals surface area contributed by atoms with Crippen molar-refractivity contribution < 1.29 is 0 Å². The Bertz CT molecular complexity index is 255. The van der Waals surface area contributed by atoms with Crippen LogP contribution in [0.15, 0.2) is 30.3 Å². The van der Waals surface area contributed by atoms with E-state index in [9.17, 15) is 0 Å². The number of hydrogen-bond donors (Lipinski definition) is 0. The molecular weight excluding hydrogens is 180 g/mol. The first-order valence-electron chi connectivity index (χ1n) is 6.34. The van der Waals surface area contributed by atoms with E-state index in [-0.39, 0.29) is 0 Å². The quantitative estimate of drug-likeness (QED) is 0.616. The lowest BCUT2D eigenvalue weighted by atomic mass is 9.71. The van der Waals surface area contributed by atoms with Crippen molar-refractivity contribution >= 4 is 0 Å². The number of benzene rings is 1. The zero-order valence-corrected chi connectivity index (χ0v) is 10.4. The largest absolute Gasteiger partial charge is 0.0654 e. The van der Waals surface area contributed by atoms with Crippen molar-refractivity contribution in [3.05, 3.63) is 35.9 Å². The van der Waals surface area contributed by atoms with E-state index in [4.69, 9.17) is 0 Å². The third-order valence-electron chi connectivity index (χ3n) is 3.52. The van der Waals surface area contributed by atoms with Gasteiger partial charge in [0, 0.05) is 0 Å². The molecule has 0 bridgehead atoms. The first-order valence-corrected chi connectivity index (χ1v) is 6.34. The van der Waals surface area contributed by atoms with Gasteiger partial charge in [-0.1, -0.05) is 63.9 Å². The van der Waals surface area contributed by atoms with Gasteiger partial charge in [0.05, 0.1) is 0 Å². The maximum absolute atomic E-state index is 2.33. The molecule has 0 saturated carbocycles. The van der Waals surface area contributed by atoms with Gasteiger partial charge in [0.1, 0.15) is 0 Å². The van der Waals surface area contributed by atoms with Crippen molar-refractivity contribution in [2.75, 3.05) is 0 Å². The first-order chi connectivity index (χ1) is 7.29. The van der Waals surface area contributed by atoms with Crippen molar-refractivity contribution in [2.45, 2.75) is 58.3 Å². The topological polar surface area (TPSA) is 0 Å². The van der Waals surface area contributed by atoms with Crippen LogP contribution in [0.3, 0.4) is 0 Å². The smallest absolute Gasteiger partial charge is 0.00498 e. The summed E-state index contributed by atoms with van der Waals surface area (Å²) >= 11 is 0. The average molecular weight is 204 g/mol. The SMILES string of the molecule is CCCC(CC)(CCC)c1ccccc1. The van der Waals surface area contributed by atoms with Crippen LogP contribution in [0.1, 0.15) is 58.4 Å². The molecule has 15 heavy (non-hydrogen) atoms. The van der Waals surface area contributed by atoms with E-state index in [1.807, 2.05) is 0 Å². The zero-order valence-electron chi connectivity index (χ0n) is 10.4. The van der Waals surface area contributed by atoms with E-state index < -0.39 is 0 Å². The second kappa shape index (κ2) is 5.95. The van der Waals surface area contributed by atoms with Gasteiger partial charge in [-0.25, -0.2) is 0 Å². The second-order valence-corrected chi connectivity index (χ2v) is 4.50. The number of hydrogen-bond acceptors (Lipinski definition) is 0. The molecule has 0 fully saturated rings. The standard InChI is InChI=1S/C15H24/c1-4-12-15(6-3,13-5-2)14-10-8-7-9-11-14/h7-11H,4-6,12-13H2,1-3H3. The summed E-state index contributed by atoms with van der Waals surface area (Å²) in [6.45, 7) is 6.92. The van der Waals surface area contributed by atoms with Crippen molar-refractivity contribution in [2.24, 2.45) is 0 Å². The van der Waals surface area contributed by atoms with Crippen LogP contribution < -0.4 is 0 Å². The van der Waals surface area contributed by atoms with Gasteiger partial charge in [-0.2, -0.15) is 0 Å². The normalized spacial score (nSPS) is 11.7. The fraction of sp³-hybridized carbons (Fsp3) is 0.600. The molecule has 0 unspecified atom stereocenters. The summed E-state index contributed by atoms with van der Waals surface area (Å²) in [7, 11) is 0. The molecule has 0 aliphatic heterocycles. The van der Waals surface area contributed by atoms with Gasteiger partial charge in [-0.05, 0) is 30.2 Å². The maximum Gasteiger partial charge on any atom is -0.00498 e. The molecule has 0 atom stereocenters. The molecule has 0 N–H and O–H groups in total. The molecule has 0 heteroatoms. The Morgan fingerprint density at radius 2 is 1.40 bits per heavy atom. The van der Waals surface area contributed by atoms with Gasteiger partial charge in [-0.15, -0.1) is 0 Å². The summed E-state index contributed by atoms with van der Waals surface area (Å²) in [5.41, 5.74) is 1.97. The third-order valence-corrected chi connectivity index (χ3v) is 3.52. The Morgan fingerprint density at radius 1 is 0.867 bits per heavy atom. The van der Waals surface area contributed by atoms with E-state index in [0.717, 1.165) is 0 Å². The molecule has 0 aliphatic rings. The molecule has 0 nitrogen and oxygen atoms in total. The van der Waals surface area contributed by atoms with E-state index in [0.29, 0.717) is 5.41 Å². The maximum atomic E-state index is 2.33. The van der Waals surface area contributed by atoms with Gasteiger partial charge >= 0.3 is 0 Å². The predicted octanol–water partition coefficient (Wildman–Crippen LogP) is 4.93. The molecule has 84 valence electrons. The van der Waals surface area contributed by atoms with Crippen LogP contribution in [0.25, 0.3) is 0 Å². The summed E-state index contributed by atoms with van der Waals surface area (Å²) in [5.74, 6) is 0. The Balaban J connectivity index is 2.97. The second-order valence-electron chi connectivity index (χ2n) is 4.50. The lowest BCUT2D eigenvalue weighted by Gasteiger charge is -2.33. The fourth-order valence-corrected chi connectivity index (χ4v) is 2.72. The Kier molecular flexibility index (Phi) is 4.87. The Morgan fingerprint density at radius 3 is 1.80 bits per heavy atom. The Labute approximate surface area is 94.7 Å². The highest BCUT2D eigenvalue weighted by Gasteiger charge is 2.27. The number of rotatable bonds is 6. The van der Waals surface area contributed by atoms with Crippen molar-refractivity contribution in [3.63, 3.8) is 0 Å². The molecule has 0 aromatic heterocycles. The predicted molar refractivity (Wildman–Crippen MR) is 68.2 cm³/mol. The highest BCUT2D eigenvalue weighted by molar-refractivity contribution is 5.25. The first kappa shape index (κ1) is 12.3. The zero-order chi connectivity index (χ0) is 11.1. The molecule has 1 aromatic carbocycles. The monoisotopic (exact) mass is 204 g/mol. The minimum atomic E-state index is 0.435. The average Bonchev–Trinajstić information content (AvgIpc) is 2.30. The van der Waals surface area contributed by atoms with Crippen LogP contribution in [0.5, 0.6) is 0 Å². The highest BCUT2D eigenvalue weighted by Crippen LogP contribution is 2.37. The summed E-state index contributed by atoms with van der Waals surface area (Å²) < 4.78 is 0. The van der Waals surface area contributed by atoms with E-state index in [2.05, 4.69) is 51.1 Å². The van der Waals surface area contributed by atoms with Crippen LogP contribution in [0.2, 0.25) is 0 Å². The summed E-state index contributed by atoms with van der Waals surface area (Å²) in [5, 5.41) is 0. The fourth-order valence-electron chi connectivity index (χ4n) is 2.72. The third kappa shape index (κ3) is 2.84. The molecule has 1 rings (SSSR count). The molecule has 0 aliphatic carbocycles. The van der Waals surface area contributed by atoms with Gasteiger partial charge in [0.2, 0.25) is 0 Å². The molecule has 0 heterocycles. The van der Waals surface area contributed by atoms with Crippen LogP contribution >= 0.6 is 0 Å². The molecular formula is C15H24. The molecule has 0 saturated heterocycles. The van der Waals surface area contributed by atoms with E-state index in [1.165, 1.54) is 37.7 Å². The lowest BCUT2D eigenvalue weighted by Crippen LogP contribution is -2.24. The van der Waals surface area contributed by atoms with Gasteiger partial charge in [0.25, 0.3) is 0 Å². The minimum absolute atomic E-state index is 0.435. The molecule has 1 aromatic rings. The molecule has 0 amide bonds. The van der Waals surface area contributed by atoms with Crippen LogP contribution in [0, 0.1) is 0 Å². The van der Waals surface area contributed by atoms with Crippen LogP contribution in [-0.4, -0.2) is 0 Å².